The predicted octanol–water partition coefficient (Wildman–Crippen LogP) is 11.7. The Kier molecular flexibility index (Phi) is 7.58. The fourth-order valence-corrected chi connectivity index (χ4v) is 9.46. The van der Waals surface area contributed by atoms with E-state index < -0.39 is 0 Å². The quantitative estimate of drug-likeness (QED) is 0.157. The first-order valence-electron chi connectivity index (χ1n) is 19.3. The Morgan fingerprint density at radius 1 is 0.327 bits per heavy atom. The van der Waals surface area contributed by atoms with E-state index in [2.05, 4.69) is 103 Å². The Hall–Kier alpha value is -6.59. The van der Waals surface area contributed by atoms with Crippen molar-refractivity contribution < 1.29 is 0 Å². The van der Waals surface area contributed by atoms with Crippen LogP contribution in [0.25, 0.3) is 79.2 Å². The molecule has 262 valence electrons. The van der Waals surface area contributed by atoms with E-state index in [9.17, 15) is 0 Å². The van der Waals surface area contributed by atoms with Crippen LogP contribution >= 0.6 is 0 Å². The van der Waals surface area contributed by atoms with E-state index in [0.717, 1.165) is 85.4 Å². The molecule has 3 aliphatic carbocycles. The largest absolute Gasteiger partial charge is 0.228 e. The normalized spacial score (nSPS) is 20.4. The molecule has 3 fully saturated rings. The molecule has 0 saturated heterocycles. The minimum Gasteiger partial charge on any atom is -0.228 e. The van der Waals surface area contributed by atoms with Crippen LogP contribution in [0.5, 0.6) is 0 Å². The molecule has 2 atom stereocenters. The van der Waals surface area contributed by atoms with Crippen LogP contribution in [0.2, 0.25) is 0 Å². The van der Waals surface area contributed by atoms with Crippen molar-refractivity contribution in [3.8, 4) is 79.2 Å². The monoisotopic (exact) mass is 707 g/mol. The maximum Gasteiger partial charge on any atom is 0.164 e. The van der Waals surface area contributed by atoms with Crippen LogP contribution in [0, 0.1) is 23.7 Å². The second-order valence-electron chi connectivity index (χ2n) is 15.3. The summed E-state index contributed by atoms with van der Waals surface area (Å²) < 4.78 is 0. The zero-order valence-electron chi connectivity index (χ0n) is 30.2. The highest BCUT2D eigenvalue weighted by atomic mass is 15.0. The van der Waals surface area contributed by atoms with Crippen molar-refractivity contribution in [1.29, 1.82) is 0 Å². The molecule has 0 amide bonds. The molecule has 2 heterocycles. The van der Waals surface area contributed by atoms with E-state index in [1.807, 2.05) is 66.7 Å². The Labute approximate surface area is 320 Å². The molecule has 0 bridgehead atoms. The first-order chi connectivity index (χ1) is 27.2. The summed E-state index contributed by atoms with van der Waals surface area (Å²) in [6.07, 6.45) is 2.84. The molecule has 6 aromatic carbocycles. The highest BCUT2D eigenvalue weighted by Gasteiger charge is 2.67. The third-order valence-electron chi connectivity index (χ3n) is 12.3. The molecule has 0 spiro atoms. The first-order valence-corrected chi connectivity index (χ1v) is 19.3. The maximum atomic E-state index is 5.24. The third kappa shape index (κ3) is 5.66. The molecule has 5 nitrogen and oxygen atoms in total. The zero-order valence-corrected chi connectivity index (χ0v) is 30.2. The van der Waals surface area contributed by atoms with E-state index in [1.54, 1.807) is 0 Å². The average Bonchev–Trinajstić information content (AvgIpc) is 3.27. The van der Waals surface area contributed by atoms with Gasteiger partial charge >= 0.3 is 0 Å². The second kappa shape index (κ2) is 13.1. The van der Waals surface area contributed by atoms with Gasteiger partial charge in [-0.3, -0.25) is 0 Å². The van der Waals surface area contributed by atoms with Gasteiger partial charge in [0.25, 0.3) is 0 Å². The van der Waals surface area contributed by atoms with Crippen molar-refractivity contribution >= 4 is 0 Å². The van der Waals surface area contributed by atoms with Crippen LogP contribution < -0.4 is 0 Å². The lowest BCUT2D eigenvalue weighted by atomic mass is 9.31. The van der Waals surface area contributed by atoms with Gasteiger partial charge in [0.2, 0.25) is 0 Å². The van der Waals surface area contributed by atoms with Crippen LogP contribution in [0.15, 0.2) is 170 Å². The molecule has 11 rings (SSSR count). The van der Waals surface area contributed by atoms with E-state index in [-0.39, 0.29) is 0 Å². The second-order valence-corrected chi connectivity index (χ2v) is 15.3. The summed E-state index contributed by atoms with van der Waals surface area (Å²) in [7, 11) is 0. The van der Waals surface area contributed by atoms with Crippen molar-refractivity contribution in [3.63, 3.8) is 0 Å². The standard InChI is InChI=1S/C50H37N5/c1-4-12-32(13-5-1)43-30-44(52-50(51-43)39-21-11-20-38(27-39)45-41-28-40-29-42(45)46(40)41)37-19-10-18-36(26-37)31-22-24-35(25-23-31)49-54-47(33-14-6-2-7-15-33)53-48(55-49)34-16-8-3-9-17-34/h1-27,30,40-42,45-46H,28-29H2. The first kappa shape index (κ1) is 31.9. The highest BCUT2D eigenvalue weighted by molar-refractivity contribution is 5.77. The molecule has 2 aromatic heterocycles. The van der Waals surface area contributed by atoms with Gasteiger partial charge in [-0.25, -0.2) is 24.9 Å². The minimum absolute atomic E-state index is 0.640. The van der Waals surface area contributed by atoms with Crippen LogP contribution in [0.4, 0.5) is 0 Å². The molecule has 5 heteroatoms. The van der Waals surface area contributed by atoms with Crippen LogP contribution in [-0.2, 0) is 0 Å². The van der Waals surface area contributed by atoms with E-state index >= 15 is 0 Å². The molecule has 0 N–H and O–H groups in total. The summed E-state index contributed by atoms with van der Waals surface area (Å²) in [5, 5.41) is 0. The fourth-order valence-electron chi connectivity index (χ4n) is 9.46. The van der Waals surface area contributed by atoms with Crippen molar-refractivity contribution in [1.82, 2.24) is 24.9 Å². The highest BCUT2D eigenvalue weighted by Crippen LogP contribution is 2.75. The molecular formula is C50H37N5. The topological polar surface area (TPSA) is 64.5 Å². The molecular weight excluding hydrogens is 671 g/mol. The molecule has 0 aliphatic heterocycles. The zero-order chi connectivity index (χ0) is 36.3. The lowest BCUT2D eigenvalue weighted by molar-refractivity contribution is -0.214. The van der Waals surface area contributed by atoms with Crippen LogP contribution in [-0.4, -0.2) is 24.9 Å². The molecule has 3 aliphatic rings. The van der Waals surface area contributed by atoms with Gasteiger partial charge in [-0.05, 0) is 77.3 Å². The van der Waals surface area contributed by atoms with Gasteiger partial charge in [-0.1, -0.05) is 152 Å². The number of hydrogen-bond acceptors (Lipinski definition) is 5. The van der Waals surface area contributed by atoms with Crippen molar-refractivity contribution in [2.75, 3.05) is 0 Å². The number of aromatic nitrogens is 5. The van der Waals surface area contributed by atoms with Gasteiger partial charge in [0.1, 0.15) is 0 Å². The summed E-state index contributed by atoms with van der Waals surface area (Å²) in [5.74, 6) is 7.22. The SMILES string of the molecule is c1ccc(-c2cc(-c3cccc(-c4ccc(-c5nc(-c6ccccc6)nc(-c6ccccc6)n5)cc4)c3)nc(-c3cccc(C4C5CC6CC4C65)c3)n2)cc1. The van der Waals surface area contributed by atoms with Gasteiger partial charge in [-0.15, -0.1) is 0 Å². The van der Waals surface area contributed by atoms with Crippen molar-refractivity contribution in [3.05, 3.63) is 175 Å². The van der Waals surface area contributed by atoms with Crippen LogP contribution in [0.1, 0.15) is 24.3 Å². The summed E-state index contributed by atoms with van der Waals surface area (Å²) in [6, 6.07) is 58.9. The predicted molar refractivity (Wildman–Crippen MR) is 219 cm³/mol. The molecule has 55 heavy (non-hydrogen) atoms. The van der Waals surface area contributed by atoms with Crippen molar-refractivity contribution in [2.24, 2.45) is 23.7 Å². The molecule has 8 aromatic rings. The smallest absolute Gasteiger partial charge is 0.164 e. The van der Waals surface area contributed by atoms with Gasteiger partial charge in [-0.2, -0.15) is 0 Å². The molecule has 0 radical (unpaired) electrons. The molecule has 3 saturated carbocycles. The Morgan fingerprint density at radius 3 is 1.36 bits per heavy atom. The summed E-state index contributed by atoms with van der Waals surface area (Å²) in [5.41, 5.74) is 11.6. The maximum absolute atomic E-state index is 5.24. The van der Waals surface area contributed by atoms with Gasteiger partial charge in [0.05, 0.1) is 11.4 Å². The minimum atomic E-state index is 0.640. The van der Waals surface area contributed by atoms with Gasteiger partial charge in [0, 0.05) is 33.4 Å². The summed E-state index contributed by atoms with van der Waals surface area (Å²) >= 11 is 0. The number of benzene rings is 6. The number of hydrogen-bond donors (Lipinski definition) is 0. The van der Waals surface area contributed by atoms with Gasteiger partial charge in [0.15, 0.2) is 23.3 Å². The lowest BCUT2D eigenvalue weighted by Crippen LogP contribution is -2.65. The third-order valence-corrected chi connectivity index (χ3v) is 12.3. The molecule has 2 unspecified atom stereocenters. The Bertz CT molecular complexity index is 2610. The number of rotatable bonds is 8. The summed E-state index contributed by atoms with van der Waals surface area (Å²) in [6.45, 7) is 0. The van der Waals surface area contributed by atoms with Crippen molar-refractivity contribution in [2.45, 2.75) is 18.8 Å². The summed E-state index contributed by atoms with van der Waals surface area (Å²) in [4.78, 5) is 25.1. The number of nitrogens with zero attached hydrogens (tertiary/aromatic N) is 5. The Balaban J connectivity index is 0.938. The average molecular weight is 708 g/mol. The fraction of sp³-hybridized carbons (Fsp3) is 0.140. The van der Waals surface area contributed by atoms with E-state index in [4.69, 9.17) is 24.9 Å². The van der Waals surface area contributed by atoms with Crippen LogP contribution in [0.3, 0.4) is 0 Å². The van der Waals surface area contributed by atoms with E-state index in [0.29, 0.717) is 23.4 Å². The lowest BCUT2D eigenvalue weighted by Gasteiger charge is -2.73. The van der Waals surface area contributed by atoms with E-state index in [1.165, 1.54) is 18.4 Å². The Morgan fingerprint density at radius 2 is 0.782 bits per heavy atom. The van der Waals surface area contributed by atoms with Gasteiger partial charge < -0.3 is 0 Å².